The molecule has 0 aliphatic carbocycles. The molecule has 0 aromatic rings. The smallest absolute Gasteiger partial charge is 0.215 e. The Labute approximate surface area is 111 Å². The Morgan fingerprint density at radius 3 is 2.22 bits per heavy atom. The van der Waals surface area contributed by atoms with E-state index in [0.29, 0.717) is 25.6 Å². The van der Waals surface area contributed by atoms with E-state index in [-0.39, 0.29) is 11.8 Å². The predicted molar refractivity (Wildman–Crippen MR) is 76.3 cm³/mol. The summed E-state index contributed by atoms with van der Waals surface area (Å²) in [5, 5.41) is 6.10. The first-order valence-corrected chi connectivity index (χ1v) is 7.93. The Bertz CT molecular complexity index is 348. The van der Waals surface area contributed by atoms with Crippen LogP contribution in [-0.4, -0.2) is 57.2 Å². The standard InChI is InChI=1S/C11H26N4O2S/c1-6-15(7-2)18(16,17)9-8-13-11(12-5)14-10(3)4/h10H,6-9H2,1-5H3,(H2,12,13,14). The summed E-state index contributed by atoms with van der Waals surface area (Å²) in [6.07, 6.45) is 0. The summed E-state index contributed by atoms with van der Waals surface area (Å²) in [5.41, 5.74) is 0. The van der Waals surface area contributed by atoms with E-state index >= 15 is 0 Å². The van der Waals surface area contributed by atoms with E-state index in [4.69, 9.17) is 0 Å². The molecule has 0 heterocycles. The predicted octanol–water partition coefficient (Wildman–Crippen LogP) is 0.231. The first-order chi connectivity index (χ1) is 8.37. The molecule has 0 aromatic heterocycles. The van der Waals surface area contributed by atoms with Crippen molar-refractivity contribution in [3.05, 3.63) is 0 Å². The van der Waals surface area contributed by atoms with Crippen LogP contribution in [0.3, 0.4) is 0 Å². The van der Waals surface area contributed by atoms with E-state index in [1.54, 1.807) is 7.05 Å². The molecule has 6 nitrogen and oxygen atoms in total. The van der Waals surface area contributed by atoms with Gasteiger partial charge in [0.15, 0.2) is 5.96 Å². The second kappa shape index (κ2) is 8.31. The molecule has 0 spiro atoms. The van der Waals surface area contributed by atoms with Crippen molar-refractivity contribution in [2.45, 2.75) is 33.7 Å². The number of rotatable bonds is 7. The highest BCUT2D eigenvalue weighted by Crippen LogP contribution is 1.99. The van der Waals surface area contributed by atoms with E-state index < -0.39 is 10.0 Å². The highest BCUT2D eigenvalue weighted by atomic mass is 32.2. The molecule has 0 aromatic carbocycles. The van der Waals surface area contributed by atoms with E-state index in [0.717, 1.165) is 0 Å². The third-order valence-corrected chi connectivity index (χ3v) is 4.42. The monoisotopic (exact) mass is 278 g/mol. The Balaban J connectivity index is 4.25. The fourth-order valence-electron chi connectivity index (χ4n) is 1.51. The number of guanidine groups is 1. The first-order valence-electron chi connectivity index (χ1n) is 6.32. The van der Waals surface area contributed by atoms with Crippen LogP contribution in [-0.2, 0) is 10.0 Å². The molecule has 0 radical (unpaired) electrons. The Kier molecular flexibility index (Phi) is 7.93. The van der Waals surface area contributed by atoms with Gasteiger partial charge < -0.3 is 10.6 Å². The van der Waals surface area contributed by atoms with Crippen molar-refractivity contribution < 1.29 is 8.42 Å². The largest absolute Gasteiger partial charge is 0.355 e. The number of nitrogens with one attached hydrogen (secondary N) is 2. The maximum absolute atomic E-state index is 11.9. The van der Waals surface area contributed by atoms with Gasteiger partial charge in [-0.15, -0.1) is 0 Å². The lowest BCUT2D eigenvalue weighted by Gasteiger charge is -2.19. The number of hydrogen-bond donors (Lipinski definition) is 2. The lowest BCUT2D eigenvalue weighted by Crippen LogP contribution is -2.44. The van der Waals surface area contributed by atoms with Gasteiger partial charge in [-0.3, -0.25) is 4.99 Å². The summed E-state index contributed by atoms with van der Waals surface area (Å²) in [6.45, 7) is 9.06. The molecule has 0 saturated carbocycles. The lowest BCUT2D eigenvalue weighted by atomic mass is 10.4. The molecule has 0 fully saturated rings. The zero-order chi connectivity index (χ0) is 14.2. The van der Waals surface area contributed by atoms with Crippen molar-refractivity contribution in [2.24, 2.45) is 4.99 Å². The molecule has 0 atom stereocenters. The second-order valence-electron chi connectivity index (χ2n) is 4.20. The van der Waals surface area contributed by atoms with Crippen LogP contribution in [0.25, 0.3) is 0 Å². The Hall–Kier alpha value is -0.820. The van der Waals surface area contributed by atoms with Crippen LogP contribution in [0.4, 0.5) is 0 Å². The van der Waals surface area contributed by atoms with Crippen LogP contribution in [0, 0.1) is 0 Å². The Morgan fingerprint density at radius 1 is 1.28 bits per heavy atom. The van der Waals surface area contributed by atoms with Crippen LogP contribution < -0.4 is 10.6 Å². The van der Waals surface area contributed by atoms with E-state index in [2.05, 4.69) is 15.6 Å². The molecule has 2 N–H and O–H groups in total. The van der Waals surface area contributed by atoms with Crippen LogP contribution in [0.15, 0.2) is 4.99 Å². The van der Waals surface area contributed by atoms with Crippen LogP contribution in [0.1, 0.15) is 27.7 Å². The van der Waals surface area contributed by atoms with Crippen LogP contribution >= 0.6 is 0 Å². The summed E-state index contributed by atoms with van der Waals surface area (Å²) in [5.74, 6) is 0.702. The molecule has 0 saturated heterocycles. The van der Waals surface area contributed by atoms with Crippen molar-refractivity contribution in [1.29, 1.82) is 0 Å². The molecule has 0 unspecified atom stereocenters. The normalized spacial score (nSPS) is 13.2. The Morgan fingerprint density at radius 2 is 1.83 bits per heavy atom. The quantitative estimate of drug-likeness (QED) is 0.516. The van der Waals surface area contributed by atoms with Gasteiger partial charge in [0, 0.05) is 32.7 Å². The molecule has 0 aliphatic rings. The number of nitrogens with zero attached hydrogens (tertiary/aromatic N) is 2. The van der Waals surface area contributed by atoms with Crippen molar-refractivity contribution >= 4 is 16.0 Å². The number of aliphatic imine (C=N–C) groups is 1. The molecule has 0 aliphatic heterocycles. The number of sulfonamides is 1. The fraction of sp³-hybridized carbons (Fsp3) is 0.909. The average molecular weight is 278 g/mol. The average Bonchev–Trinajstić information content (AvgIpc) is 2.28. The van der Waals surface area contributed by atoms with Gasteiger partial charge in [0.1, 0.15) is 0 Å². The topological polar surface area (TPSA) is 73.8 Å². The van der Waals surface area contributed by atoms with Crippen molar-refractivity contribution in [1.82, 2.24) is 14.9 Å². The van der Waals surface area contributed by atoms with Gasteiger partial charge in [-0.1, -0.05) is 13.8 Å². The molecule has 0 bridgehead atoms. The second-order valence-corrected chi connectivity index (χ2v) is 6.29. The minimum absolute atomic E-state index is 0.0769. The van der Waals surface area contributed by atoms with Crippen molar-refractivity contribution in [3.8, 4) is 0 Å². The maximum atomic E-state index is 11.9. The third-order valence-electron chi connectivity index (χ3n) is 2.40. The van der Waals surface area contributed by atoms with Crippen molar-refractivity contribution in [3.63, 3.8) is 0 Å². The molecule has 18 heavy (non-hydrogen) atoms. The molecule has 7 heteroatoms. The fourth-order valence-corrected chi connectivity index (χ4v) is 2.92. The molecule has 0 amide bonds. The highest BCUT2D eigenvalue weighted by molar-refractivity contribution is 7.89. The zero-order valence-electron chi connectivity index (χ0n) is 12.0. The minimum atomic E-state index is -3.17. The van der Waals surface area contributed by atoms with Gasteiger partial charge in [0.2, 0.25) is 10.0 Å². The molecule has 108 valence electrons. The zero-order valence-corrected chi connectivity index (χ0v) is 12.8. The minimum Gasteiger partial charge on any atom is -0.355 e. The summed E-state index contributed by atoms with van der Waals surface area (Å²) >= 11 is 0. The summed E-state index contributed by atoms with van der Waals surface area (Å²) < 4.78 is 25.3. The van der Waals surface area contributed by atoms with E-state index in [1.807, 2.05) is 27.7 Å². The van der Waals surface area contributed by atoms with Crippen LogP contribution in [0.2, 0.25) is 0 Å². The molecule has 0 rings (SSSR count). The summed E-state index contributed by atoms with van der Waals surface area (Å²) in [7, 11) is -1.50. The van der Waals surface area contributed by atoms with Gasteiger partial charge in [-0.05, 0) is 13.8 Å². The van der Waals surface area contributed by atoms with Gasteiger partial charge in [-0.25, -0.2) is 12.7 Å². The third kappa shape index (κ3) is 6.20. The first kappa shape index (κ1) is 17.2. The summed E-state index contributed by atoms with van der Waals surface area (Å²) in [6, 6.07) is 0.260. The summed E-state index contributed by atoms with van der Waals surface area (Å²) in [4.78, 5) is 4.02. The number of hydrogen-bond acceptors (Lipinski definition) is 3. The lowest BCUT2D eigenvalue weighted by molar-refractivity contribution is 0.445. The maximum Gasteiger partial charge on any atom is 0.215 e. The van der Waals surface area contributed by atoms with Crippen molar-refractivity contribution in [2.75, 3.05) is 32.4 Å². The highest BCUT2D eigenvalue weighted by Gasteiger charge is 2.18. The SMILES string of the molecule is CCN(CC)S(=O)(=O)CCNC(=NC)NC(C)C. The van der Waals surface area contributed by atoms with E-state index in [1.165, 1.54) is 4.31 Å². The van der Waals surface area contributed by atoms with Gasteiger partial charge in [0.05, 0.1) is 5.75 Å². The van der Waals surface area contributed by atoms with Gasteiger partial charge in [-0.2, -0.15) is 0 Å². The van der Waals surface area contributed by atoms with Gasteiger partial charge >= 0.3 is 0 Å². The molecular weight excluding hydrogens is 252 g/mol. The van der Waals surface area contributed by atoms with Gasteiger partial charge in [0.25, 0.3) is 0 Å². The molecular formula is C11H26N4O2S. The van der Waals surface area contributed by atoms with Crippen LogP contribution in [0.5, 0.6) is 0 Å². The van der Waals surface area contributed by atoms with E-state index in [9.17, 15) is 8.42 Å².